The van der Waals surface area contributed by atoms with E-state index < -0.39 is 5.97 Å². The molecule has 0 spiro atoms. The molecule has 92 valence electrons. The van der Waals surface area contributed by atoms with E-state index in [1.807, 2.05) is 0 Å². The molecule has 18 heavy (non-hydrogen) atoms. The Morgan fingerprint density at radius 2 is 1.83 bits per heavy atom. The van der Waals surface area contributed by atoms with Crippen molar-refractivity contribution in [3.8, 4) is 0 Å². The molecule has 0 saturated heterocycles. The molecule has 1 amide bonds. The fourth-order valence-electron chi connectivity index (χ4n) is 1.59. The van der Waals surface area contributed by atoms with Crippen LogP contribution in [0.5, 0.6) is 0 Å². The molecule has 2 rings (SSSR count). The zero-order valence-electron chi connectivity index (χ0n) is 9.75. The van der Waals surface area contributed by atoms with E-state index in [2.05, 4.69) is 5.32 Å². The van der Waals surface area contributed by atoms with Gasteiger partial charge in [0.2, 0.25) is 0 Å². The summed E-state index contributed by atoms with van der Waals surface area (Å²) in [6.07, 6.45) is 1.78. The van der Waals surface area contributed by atoms with Crippen molar-refractivity contribution in [2.75, 3.05) is 5.32 Å². The molecule has 1 aromatic carbocycles. The van der Waals surface area contributed by atoms with Crippen LogP contribution in [0.1, 0.15) is 20.8 Å². The Bertz CT molecular complexity index is 585. The maximum atomic E-state index is 11.9. The number of aryl methyl sites for hydroxylation is 1. The highest BCUT2D eigenvalue weighted by atomic mass is 16.4. The predicted octanol–water partition coefficient (Wildman–Crippen LogP) is 1.98. The van der Waals surface area contributed by atoms with Crippen LogP contribution in [0.15, 0.2) is 42.6 Å². The highest BCUT2D eigenvalue weighted by Gasteiger charge is 2.09. The van der Waals surface area contributed by atoms with E-state index in [-0.39, 0.29) is 11.5 Å². The molecule has 2 aromatic rings. The lowest BCUT2D eigenvalue weighted by atomic mass is 10.2. The van der Waals surface area contributed by atoms with Crippen molar-refractivity contribution in [1.29, 1.82) is 0 Å². The van der Waals surface area contributed by atoms with Gasteiger partial charge >= 0.3 is 5.97 Å². The minimum absolute atomic E-state index is 0.187. The van der Waals surface area contributed by atoms with Crippen LogP contribution in [-0.2, 0) is 7.05 Å². The lowest BCUT2D eigenvalue weighted by Gasteiger charge is -2.06. The largest absolute Gasteiger partial charge is 0.478 e. The number of amides is 1. The quantitative estimate of drug-likeness (QED) is 0.867. The number of benzene rings is 1. The van der Waals surface area contributed by atoms with Gasteiger partial charge in [-0.3, -0.25) is 4.79 Å². The molecule has 0 radical (unpaired) electrons. The Labute approximate surface area is 104 Å². The number of carbonyl (C=O) groups excluding carboxylic acids is 1. The molecular formula is C13H12N2O3. The van der Waals surface area contributed by atoms with Crippen LogP contribution in [-0.4, -0.2) is 21.6 Å². The molecule has 0 bridgehead atoms. The van der Waals surface area contributed by atoms with Crippen LogP contribution in [0, 0.1) is 0 Å². The Balaban J connectivity index is 2.13. The van der Waals surface area contributed by atoms with E-state index in [0.29, 0.717) is 11.4 Å². The predicted molar refractivity (Wildman–Crippen MR) is 66.8 cm³/mol. The molecule has 5 heteroatoms. The van der Waals surface area contributed by atoms with Crippen LogP contribution in [0.2, 0.25) is 0 Å². The number of hydrogen-bond acceptors (Lipinski definition) is 2. The third-order valence-corrected chi connectivity index (χ3v) is 2.57. The van der Waals surface area contributed by atoms with Gasteiger partial charge in [-0.2, -0.15) is 0 Å². The number of aromatic carboxylic acids is 1. The van der Waals surface area contributed by atoms with Gasteiger partial charge in [0, 0.05) is 18.9 Å². The van der Waals surface area contributed by atoms with Crippen LogP contribution >= 0.6 is 0 Å². The van der Waals surface area contributed by atoms with Gasteiger partial charge in [0.25, 0.3) is 5.91 Å². The first kappa shape index (κ1) is 11.9. The first-order chi connectivity index (χ1) is 8.58. The fraction of sp³-hybridized carbons (Fsp3) is 0.0769. The summed E-state index contributed by atoms with van der Waals surface area (Å²) in [4.78, 5) is 22.5. The van der Waals surface area contributed by atoms with Crippen LogP contribution < -0.4 is 5.32 Å². The van der Waals surface area contributed by atoms with Crippen LogP contribution in [0.3, 0.4) is 0 Å². The van der Waals surface area contributed by atoms with Gasteiger partial charge in [-0.15, -0.1) is 0 Å². The monoisotopic (exact) mass is 244 g/mol. The second-order valence-corrected chi connectivity index (χ2v) is 3.84. The Kier molecular flexibility index (Phi) is 3.14. The third kappa shape index (κ3) is 2.40. The lowest BCUT2D eigenvalue weighted by molar-refractivity contribution is 0.0696. The molecule has 2 N–H and O–H groups in total. The molecule has 0 fully saturated rings. The summed E-state index contributed by atoms with van der Waals surface area (Å²) in [5.41, 5.74) is 1.29. The number of nitrogens with one attached hydrogen (secondary N) is 1. The maximum Gasteiger partial charge on any atom is 0.335 e. The lowest BCUT2D eigenvalue weighted by Crippen LogP contribution is -2.15. The average molecular weight is 244 g/mol. The van der Waals surface area contributed by atoms with Gasteiger partial charge in [0.15, 0.2) is 0 Å². The highest BCUT2D eigenvalue weighted by Crippen LogP contribution is 2.11. The van der Waals surface area contributed by atoms with Crippen LogP contribution in [0.25, 0.3) is 0 Å². The number of aromatic nitrogens is 1. The topological polar surface area (TPSA) is 71.3 Å². The van der Waals surface area contributed by atoms with E-state index >= 15 is 0 Å². The van der Waals surface area contributed by atoms with Crippen molar-refractivity contribution in [2.24, 2.45) is 7.05 Å². The summed E-state index contributed by atoms with van der Waals surface area (Å²) in [6.45, 7) is 0. The van der Waals surface area contributed by atoms with E-state index in [4.69, 9.17) is 5.11 Å². The molecular weight excluding hydrogens is 232 g/mol. The fourth-order valence-corrected chi connectivity index (χ4v) is 1.59. The number of carboxylic acids is 1. The second-order valence-electron chi connectivity index (χ2n) is 3.84. The smallest absolute Gasteiger partial charge is 0.335 e. The van der Waals surface area contributed by atoms with Crippen molar-refractivity contribution in [3.63, 3.8) is 0 Å². The molecule has 5 nitrogen and oxygen atoms in total. The van der Waals surface area contributed by atoms with E-state index in [0.717, 1.165) is 0 Å². The van der Waals surface area contributed by atoms with Crippen molar-refractivity contribution < 1.29 is 14.7 Å². The Morgan fingerprint density at radius 3 is 2.33 bits per heavy atom. The number of hydrogen-bond donors (Lipinski definition) is 2. The van der Waals surface area contributed by atoms with Crippen molar-refractivity contribution in [3.05, 3.63) is 53.9 Å². The SMILES string of the molecule is Cn1cccc1C(=O)Nc1ccc(C(=O)O)cc1. The first-order valence-corrected chi connectivity index (χ1v) is 5.34. The van der Waals surface area contributed by atoms with Gasteiger partial charge in [-0.1, -0.05) is 0 Å². The van der Waals surface area contributed by atoms with Gasteiger partial charge < -0.3 is 15.0 Å². The summed E-state index contributed by atoms with van der Waals surface area (Å²) in [6, 6.07) is 9.50. The van der Waals surface area contributed by atoms with Gasteiger partial charge in [0.05, 0.1) is 5.56 Å². The maximum absolute atomic E-state index is 11.9. The molecule has 0 unspecified atom stereocenters. The van der Waals surface area contributed by atoms with E-state index in [1.54, 1.807) is 42.1 Å². The van der Waals surface area contributed by atoms with E-state index in [9.17, 15) is 9.59 Å². The Hall–Kier alpha value is -2.56. The standard InChI is InChI=1S/C13H12N2O3/c1-15-8-2-3-11(15)12(16)14-10-6-4-9(5-7-10)13(17)18/h2-8H,1H3,(H,14,16)(H,17,18). The zero-order chi connectivity index (χ0) is 13.1. The normalized spacial score (nSPS) is 10.1. The molecule has 0 aliphatic heterocycles. The summed E-state index contributed by atoms with van der Waals surface area (Å²) in [7, 11) is 1.78. The summed E-state index contributed by atoms with van der Waals surface area (Å²) >= 11 is 0. The number of rotatable bonds is 3. The molecule has 1 aromatic heterocycles. The zero-order valence-corrected chi connectivity index (χ0v) is 9.75. The average Bonchev–Trinajstić information content (AvgIpc) is 2.76. The summed E-state index contributed by atoms with van der Waals surface area (Å²) in [5.74, 6) is -1.22. The number of anilines is 1. The molecule has 0 aliphatic carbocycles. The highest BCUT2D eigenvalue weighted by molar-refractivity contribution is 6.03. The van der Waals surface area contributed by atoms with E-state index in [1.165, 1.54) is 12.1 Å². The first-order valence-electron chi connectivity index (χ1n) is 5.34. The molecule has 0 saturated carbocycles. The number of nitrogens with zero attached hydrogens (tertiary/aromatic N) is 1. The molecule has 0 atom stereocenters. The summed E-state index contributed by atoms with van der Waals surface area (Å²) < 4.78 is 1.71. The van der Waals surface area contributed by atoms with Gasteiger partial charge in [-0.05, 0) is 36.4 Å². The third-order valence-electron chi connectivity index (χ3n) is 2.57. The van der Waals surface area contributed by atoms with Crippen molar-refractivity contribution >= 4 is 17.6 Å². The summed E-state index contributed by atoms with van der Waals surface area (Å²) in [5, 5.41) is 11.5. The minimum atomic E-state index is -0.990. The van der Waals surface area contributed by atoms with Crippen LogP contribution in [0.4, 0.5) is 5.69 Å². The van der Waals surface area contributed by atoms with Crippen molar-refractivity contribution in [1.82, 2.24) is 4.57 Å². The second kappa shape index (κ2) is 4.75. The van der Waals surface area contributed by atoms with Crippen molar-refractivity contribution in [2.45, 2.75) is 0 Å². The van der Waals surface area contributed by atoms with Gasteiger partial charge in [-0.25, -0.2) is 4.79 Å². The van der Waals surface area contributed by atoms with Gasteiger partial charge in [0.1, 0.15) is 5.69 Å². The molecule has 1 heterocycles. The minimum Gasteiger partial charge on any atom is -0.478 e. The molecule has 0 aliphatic rings. The number of carbonyl (C=O) groups is 2. The Morgan fingerprint density at radius 1 is 1.17 bits per heavy atom. The number of carboxylic acid groups (broad SMARTS) is 1.